The molecule has 0 bridgehead atoms. The fourth-order valence-electron chi connectivity index (χ4n) is 2.45. The van der Waals surface area contributed by atoms with Crippen LogP contribution in [0.1, 0.15) is 30.6 Å². The fraction of sp³-hybridized carbons (Fsp3) is 0.350. The summed E-state index contributed by atoms with van der Waals surface area (Å²) in [6.07, 6.45) is 6.98. The summed E-state index contributed by atoms with van der Waals surface area (Å²) in [5, 5.41) is 19.1. The molecule has 0 amide bonds. The summed E-state index contributed by atoms with van der Waals surface area (Å²) in [6, 6.07) is 13.9. The van der Waals surface area contributed by atoms with Crippen molar-refractivity contribution in [1.82, 2.24) is 0 Å². The summed E-state index contributed by atoms with van der Waals surface area (Å²) in [5.74, 6) is 0.708. The average molecular weight is 360 g/mol. The molecule has 0 aliphatic rings. The van der Waals surface area contributed by atoms with Crippen molar-refractivity contribution in [2.45, 2.75) is 42.8 Å². The van der Waals surface area contributed by atoms with E-state index in [1.165, 1.54) is 5.56 Å². The molecule has 0 fully saturated rings. The zero-order valence-corrected chi connectivity index (χ0v) is 14.9. The molecule has 1 aromatic carbocycles. The number of carbonyl (C=O) groups is 1. The van der Waals surface area contributed by atoms with E-state index in [4.69, 9.17) is 9.52 Å². The molecule has 0 aliphatic heterocycles. The summed E-state index contributed by atoms with van der Waals surface area (Å²) in [5.41, 5.74) is 1.22. The number of allylic oxidation sites excluding steroid dienone is 1. The molecule has 0 unspecified atom stereocenters. The number of hydrogen-bond donors (Lipinski definition) is 2. The van der Waals surface area contributed by atoms with Gasteiger partial charge in [0.15, 0.2) is 0 Å². The monoisotopic (exact) mass is 360 g/mol. The Bertz CT molecular complexity index is 637. The molecule has 4 nitrogen and oxygen atoms in total. The molecule has 2 N–H and O–H groups in total. The van der Waals surface area contributed by atoms with Crippen molar-refractivity contribution in [3.63, 3.8) is 0 Å². The molecule has 2 rings (SSSR count). The van der Waals surface area contributed by atoms with Gasteiger partial charge in [-0.2, -0.15) is 0 Å². The lowest BCUT2D eigenvalue weighted by Gasteiger charge is -2.19. The van der Waals surface area contributed by atoms with E-state index in [-0.39, 0.29) is 11.7 Å². The lowest BCUT2D eigenvalue weighted by atomic mass is 10.1. The zero-order chi connectivity index (χ0) is 17.9. The summed E-state index contributed by atoms with van der Waals surface area (Å²) in [6.45, 7) is 0. The van der Waals surface area contributed by atoms with Gasteiger partial charge < -0.3 is 14.6 Å². The van der Waals surface area contributed by atoms with E-state index in [9.17, 15) is 9.90 Å². The van der Waals surface area contributed by atoms with Gasteiger partial charge in [0.2, 0.25) is 0 Å². The summed E-state index contributed by atoms with van der Waals surface area (Å²) < 4.78 is 5.35. The van der Waals surface area contributed by atoms with E-state index in [1.807, 2.05) is 36.4 Å². The minimum absolute atomic E-state index is 0.0837. The predicted molar refractivity (Wildman–Crippen MR) is 101 cm³/mol. The first-order valence-corrected chi connectivity index (χ1v) is 9.44. The SMILES string of the molecule is O=C(O)CCC[C@@H](O)[C@H](C=CCc1ccccc1)SCc1ccco1. The highest BCUT2D eigenvalue weighted by molar-refractivity contribution is 7.99. The molecule has 0 saturated carbocycles. The van der Waals surface area contributed by atoms with Crippen molar-refractivity contribution in [2.75, 3.05) is 0 Å². The molecular weight excluding hydrogens is 336 g/mol. The second-order valence-electron chi connectivity index (χ2n) is 5.83. The number of aliphatic carboxylic acids is 1. The topological polar surface area (TPSA) is 70.7 Å². The molecule has 0 aliphatic carbocycles. The Kier molecular flexibility index (Phi) is 8.35. The van der Waals surface area contributed by atoms with Crippen LogP contribution in [0.15, 0.2) is 65.3 Å². The Morgan fingerprint density at radius 1 is 1.20 bits per heavy atom. The average Bonchev–Trinajstić information content (AvgIpc) is 3.12. The molecule has 134 valence electrons. The maximum atomic E-state index is 10.6. The van der Waals surface area contributed by atoms with Crippen molar-refractivity contribution in [1.29, 1.82) is 0 Å². The molecule has 1 heterocycles. The van der Waals surface area contributed by atoms with Crippen LogP contribution in [0.2, 0.25) is 0 Å². The number of hydrogen-bond acceptors (Lipinski definition) is 4. The van der Waals surface area contributed by atoms with E-state index < -0.39 is 12.1 Å². The smallest absolute Gasteiger partial charge is 0.303 e. The molecule has 2 aromatic rings. The van der Waals surface area contributed by atoms with Gasteiger partial charge in [-0.3, -0.25) is 4.79 Å². The maximum Gasteiger partial charge on any atom is 0.303 e. The van der Waals surface area contributed by atoms with Gasteiger partial charge in [-0.25, -0.2) is 0 Å². The van der Waals surface area contributed by atoms with E-state index in [2.05, 4.69) is 18.2 Å². The maximum absolute atomic E-state index is 10.6. The van der Waals surface area contributed by atoms with Gasteiger partial charge >= 0.3 is 5.97 Å². The van der Waals surface area contributed by atoms with E-state index >= 15 is 0 Å². The van der Waals surface area contributed by atoms with Crippen LogP contribution < -0.4 is 0 Å². The quantitative estimate of drug-likeness (QED) is 0.585. The highest BCUT2D eigenvalue weighted by Crippen LogP contribution is 2.24. The molecule has 2 atom stereocenters. The van der Waals surface area contributed by atoms with Crippen LogP contribution in [-0.4, -0.2) is 27.5 Å². The van der Waals surface area contributed by atoms with Gasteiger partial charge in [0, 0.05) is 11.7 Å². The van der Waals surface area contributed by atoms with Gasteiger partial charge in [-0.15, -0.1) is 11.8 Å². The van der Waals surface area contributed by atoms with Gasteiger partial charge in [0.05, 0.1) is 18.1 Å². The molecule has 0 saturated heterocycles. The third-order valence-corrected chi connectivity index (χ3v) is 5.10. The number of thioether (sulfide) groups is 1. The van der Waals surface area contributed by atoms with E-state index in [1.54, 1.807) is 18.0 Å². The van der Waals surface area contributed by atoms with E-state index in [0.29, 0.717) is 18.6 Å². The van der Waals surface area contributed by atoms with Crippen LogP contribution in [0.25, 0.3) is 0 Å². The number of rotatable bonds is 11. The first-order chi connectivity index (χ1) is 12.1. The van der Waals surface area contributed by atoms with Crippen LogP contribution in [0.3, 0.4) is 0 Å². The third kappa shape index (κ3) is 7.63. The Labute approximate surface area is 152 Å². The molecule has 0 spiro atoms. The zero-order valence-electron chi connectivity index (χ0n) is 14.1. The van der Waals surface area contributed by atoms with Crippen molar-refractivity contribution >= 4 is 17.7 Å². The highest BCUT2D eigenvalue weighted by Gasteiger charge is 2.18. The van der Waals surface area contributed by atoms with E-state index in [0.717, 1.165) is 12.2 Å². The second-order valence-corrected chi connectivity index (χ2v) is 6.99. The van der Waals surface area contributed by atoms with Crippen molar-refractivity contribution in [2.24, 2.45) is 0 Å². The number of carboxylic acid groups (broad SMARTS) is 1. The van der Waals surface area contributed by atoms with Gasteiger partial charge in [-0.05, 0) is 37.0 Å². The summed E-state index contributed by atoms with van der Waals surface area (Å²) >= 11 is 1.60. The number of furan rings is 1. The van der Waals surface area contributed by atoms with Crippen LogP contribution in [0.5, 0.6) is 0 Å². The van der Waals surface area contributed by atoms with Gasteiger partial charge in [0.1, 0.15) is 5.76 Å². The standard InChI is InChI=1S/C20H24O4S/c21-18(11-5-13-20(22)23)19(25-15-17-10-6-14-24-17)12-4-9-16-7-2-1-3-8-16/h1-4,6-8,10,12,14,18-19,21H,5,9,11,13,15H2,(H,22,23)/t18-,19+/m1/s1. The first kappa shape index (κ1) is 19.3. The number of carboxylic acids is 1. The minimum atomic E-state index is -0.827. The fourth-order valence-corrected chi connectivity index (χ4v) is 3.55. The Morgan fingerprint density at radius 3 is 2.68 bits per heavy atom. The summed E-state index contributed by atoms with van der Waals surface area (Å²) in [7, 11) is 0. The molecule has 1 aromatic heterocycles. The van der Waals surface area contributed by atoms with Crippen LogP contribution >= 0.6 is 11.8 Å². The predicted octanol–water partition coefficient (Wildman–Crippen LogP) is 4.30. The van der Waals surface area contributed by atoms with Crippen molar-refractivity contribution < 1.29 is 19.4 Å². The number of benzene rings is 1. The van der Waals surface area contributed by atoms with Crippen molar-refractivity contribution in [3.05, 3.63) is 72.2 Å². The molecular formula is C20H24O4S. The van der Waals surface area contributed by atoms with Gasteiger partial charge in [-0.1, -0.05) is 42.5 Å². The number of aliphatic hydroxyl groups is 1. The van der Waals surface area contributed by atoms with Gasteiger partial charge in [0.25, 0.3) is 0 Å². The third-order valence-electron chi connectivity index (χ3n) is 3.79. The lowest BCUT2D eigenvalue weighted by Crippen LogP contribution is -2.21. The molecule has 25 heavy (non-hydrogen) atoms. The van der Waals surface area contributed by atoms with Crippen LogP contribution in [0, 0.1) is 0 Å². The normalized spacial score (nSPS) is 13.8. The summed E-state index contributed by atoms with van der Waals surface area (Å²) in [4.78, 5) is 10.6. The van der Waals surface area contributed by atoms with Crippen LogP contribution in [-0.2, 0) is 17.0 Å². The second kappa shape index (κ2) is 10.8. The lowest BCUT2D eigenvalue weighted by molar-refractivity contribution is -0.137. The number of aliphatic hydroxyl groups excluding tert-OH is 1. The first-order valence-electron chi connectivity index (χ1n) is 8.39. The van der Waals surface area contributed by atoms with Crippen molar-refractivity contribution in [3.8, 4) is 0 Å². The van der Waals surface area contributed by atoms with Crippen LogP contribution in [0.4, 0.5) is 0 Å². The Balaban J connectivity index is 1.90. The Morgan fingerprint density at radius 2 is 2.00 bits per heavy atom. The minimum Gasteiger partial charge on any atom is -0.481 e. The Hall–Kier alpha value is -1.98. The molecule has 0 radical (unpaired) electrons. The molecule has 5 heteroatoms. The highest BCUT2D eigenvalue weighted by atomic mass is 32.2. The largest absolute Gasteiger partial charge is 0.481 e.